The Morgan fingerprint density at radius 3 is 2.07 bits per heavy atom. The van der Waals surface area contributed by atoms with E-state index >= 15 is 0 Å². The number of hydrogen-bond donors (Lipinski definition) is 1. The molecule has 0 fully saturated rings. The Balaban J connectivity index is 2.73. The average molecular weight is 574 g/mol. The molecule has 0 spiro atoms. The molecule has 41 heavy (non-hydrogen) atoms. The van der Waals surface area contributed by atoms with Gasteiger partial charge >= 0.3 is 11.9 Å². The van der Waals surface area contributed by atoms with E-state index < -0.39 is 23.8 Å². The molecule has 1 amide bonds. The van der Waals surface area contributed by atoms with Gasteiger partial charge in [-0.2, -0.15) is 0 Å². The van der Waals surface area contributed by atoms with Crippen molar-refractivity contribution < 1.29 is 52.3 Å². The van der Waals surface area contributed by atoms with Gasteiger partial charge in [0.25, 0.3) is 0 Å². The highest BCUT2D eigenvalue weighted by Crippen LogP contribution is 2.42. The molecule has 222 valence electrons. The van der Waals surface area contributed by atoms with Crippen LogP contribution in [0.25, 0.3) is 11.1 Å². The van der Waals surface area contributed by atoms with Crippen LogP contribution >= 0.6 is 0 Å². The summed E-state index contributed by atoms with van der Waals surface area (Å²) in [6.07, 6.45) is 5.55. The van der Waals surface area contributed by atoms with Crippen molar-refractivity contribution in [3.63, 3.8) is 0 Å². The average Bonchev–Trinajstić information content (AvgIpc) is 2.98. The fraction of sp³-hybridized carbons (Fsp3) is 0.414. The van der Waals surface area contributed by atoms with Crippen molar-refractivity contribution in [2.24, 2.45) is 5.73 Å². The van der Waals surface area contributed by atoms with Crippen LogP contribution in [0.5, 0.6) is 11.5 Å². The molecule has 0 aliphatic rings. The van der Waals surface area contributed by atoms with Gasteiger partial charge in [0.15, 0.2) is 13.6 Å². The minimum atomic E-state index is -1.06. The number of terminal acetylenes is 1. The molecule has 0 radical (unpaired) electrons. The minimum absolute atomic E-state index is 0.141. The summed E-state index contributed by atoms with van der Waals surface area (Å²) >= 11 is 0. The molecule has 2 aromatic rings. The van der Waals surface area contributed by atoms with Crippen LogP contribution in [0.2, 0.25) is 0 Å². The molecule has 2 aromatic carbocycles. The van der Waals surface area contributed by atoms with E-state index in [0.717, 1.165) is 0 Å². The van der Waals surface area contributed by atoms with E-state index in [-0.39, 0.29) is 50.1 Å². The van der Waals surface area contributed by atoms with E-state index in [1.807, 2.05) is 0 Å². The lowest BCUT2D eigenvalue weighted by molar-refractivity contribution is -0.149. The number of ether oxygens (including phenoxy) is 8. The van der Waals surface area contributed by atoms with Gasteiger partial charge in [0.05, 0.1) is 58.5 Å². The number of benzene rings is 2. The monoisotopic (exact) mass is 573 g/mol. The van der Waals surface area contributed by atoms with E-state index in [0.29, 0.717) is 35.7 Å². The highest BCUT2D eigenvalue weighted by Gasteiger charge is 2.28. The van der Waals surface area contributed by atoms with Gasteiger partial charge in [-0.25, -0.2) is 0 Å². The zero-order chi connectivity index (χ0) is 30.2. The van der Waals surface area contributed by atoms with Crippen molar-refractivity contribution in [1.29, 1.82) is 0 Å². The number of esters is 2. The molecule has 0 saturated carbocycles. The maximum atomic E-state index is 12.7. The fourth-order valence-corrected chi connectivity index (χ4v) is 3.67. The third-order valence-electron chi connectivity index (χ3n) is 5.76. The Kier molecular flexibility index (Phi) is 14.1. The quantitative estimate of drug-likeness (QED) is 0.121. The zero-order valence-corrected chi connectivity index (χ0v) is 23.6. The maximum absolute atomic E-state index is 12.7. The van der Waals surface area contributed by atoms with Crippen LogP contribution in [0.1, 0.15) is 33.8 Å². The lowest BCUT2D eigenvalue weighted by Crippen LogP contribution is -2.19. The van der Waals surface area contributed by atoms with Crippen LogP contribution in [0.3, 0.4) is 0 Å². The summed E-state index contributed by atoms with van der Waals surface area (Å²) in [6, 6.07) is 7.66. The second-order valence-electron chi connectivity index (χ2n) is 8.35. The molecule has 1 unspecified atom stereocenters. The molecule has 2 rings (SSSR count). The van der Waals surface area contributed by atoms with E-state index in [9.17, 15) is 14.4 Å². The van der Waals surface area contributed by atoms with E-state index in [2.05, 4.69) is 5.92 Å². The van der Waals surface area contributed by atoms with E-state index in [1.165, 1.54) is 39.5 Å². The number of amides is 1. The number of carbonyl (C=O) groups excluding carboxylic acids is 3. The largest absolute Gasteiger partial charge is 0.469 e. The molecule has 12 nitrogen and oxygen atoms in total. The van der Waals surface area contributed by atoms with Gasteiger partial charge in [-0.1, -0.05) is 5.92 Å². The Morgan fingerprint density at radius 2 is 1.51 bits per heavy atom. The Morgan fingerprint density at radius 1 is 0.854 bits per heavy atom. The number of hydrogen-bond acceptors (Lipinski definition) is 11. The molecular weight excluding hydrogens is 538 g/mol. The second-order valence-corrected chi connectivity index (χ2v) is 8.35. The smallest absolute Gasteiger partial charge is 0.313 e. The Labute approximate surface area is 238 Å². The summed E-state index contributed by atoms with van der Waals surface area (Å²) in [5, 5.41) is 0. The summed E-state index contributed by atoms with van der Waals surface area (Å²) in [7, 11) is 5.50. The van der Waals surface area contributed by atoms with Crippen LogP contribution in [0.15, 0.2) is 30.3 Å². The van der Waals surface area contributed by atoms with Gasteiger partial charge < -0.3 is 43.6 Å². The third kappa shape index (κ3) is 9.77. The lowest BCUT2D eigenvalue weighted by atomic mass is 9.89. The highest BCUT2D eigenvalue weighted by atomic mass is 16.7. The van der Waals surface area contributed by atoms with Gasteiger partial charge in [-0.05, 0) is 35.9 Å². The molecule has 0 heterocycles. The molecule has 2 N–H and O–H groups in total. The Bertz CT molecular complexity index is 1220. The summed E-state index contributed by atoms with van der Waals surface area (Å²) in [5.41, 5.74) is 6.99. The molecule has 12 heteroatoms. The van der Waals surface area contributed by atoms with Crippen molar-refractivity contribution >= 4 is 17.8 Å². The SMILES string of the molecule is C#Cc1cc(C(CC(=O)OC)C(=O)OC)cc(-c2cc(C(N)=O)ccc2OCOCCOC)c1OCOCCOC. The first kappa shape index (κ1) is 33.1. The van der Waals surface area contributed by atoms with Crippen LogP contribution in [-0.4, -0.2) is 86.3 Å². The van der Waals surface area contributed by atoms with Gasteiger partial charge in [0.1, 0.15) is 11.5 Å². The summed E-state index contributed by atoms with van der Waals surface area (Å²) in [6.45, 7) is 0.899. The molecule has 0 bridgehead atoms. The lowest BCUT2D eigenvalue weighted by Gasteiger charge is -2.21. The van der Waals surface area contributed by atoms with Crippen molar-refractivity contribution in [3.05, 3.63) is 47.0 Å². The van der Waals surface area contributed by atoms with Gasteiger partial charge in [-0.3, -0.25) is 14.4 Å². The van der Waals surface area contributed by atoms with E-state index in [4.69, 9.17) is 50.1 Å². The second kappa shape index (κ2) is 17.5. The van der Waals surface area contributed by atoms with Crippen LogP contribution in [-0.2, 0) is 38.0 Å². The van der Waals surface area contributed by atoms with Crippen LogP contribution in [0.4, 0.5) is 0 Å². The molecule has 0 aliphatic heterocycles. The highest BCUT2D eigenvalue weighted by molar-refractivity contribution is 5.95. The van der Waals surface area contributed by atoms with E-state index in [1.54, 1.807) is 19.2 Å². The maximum Gasteiger partial charge on any atom is 0.313 e. The number of rotatable bonds is 18. The first-order chi connectivity index (χ1) is 19.8. The van der Waals surface area contributed by atoms with Crippen LogP contribution < -0.4 is 15.2 Å². The zero-order valence-electron chi connectivity index (χ0n) is 23.6. The number of methoxy groups -OCH3 is 4. The fourth-order valence-electron chi connectivity index (χ4n) is 3.67. The van der Waals surface area contributed by atoms with Gasteiger partial charge in [0, 0.05) is 30.9 Å². The molecule has 1 atom stereocenters. The summed E-state index contributed by atoms with van der Waals surface area (Å²) < 4.78 is 42.4. The molecule has 0 saturated heterocycles. The topological polar surface area (TPSA) is 151 Å². The molecule has 0 aromatic heterocycles. The summed E-state index contributed by atoms with van der Waals surface area (Å²) in [5.74, 6) is -0.0287. The molecule has 0 aliphatic carbocycles. The van der Waals surface area contributed by atoms with Crippen molar-refractivity contribution in [1.82, 2.24) is 0 Å². The number of carbonyl (C=O) groups is 3. The molecular formula is C29H35NO11. The number of primary amides is 1. The van der Waals surface area contributed by atoms with Crippen LogP contribution in [0, 0.1) is 12.3 Å². The standard InChI is InChI=1S/C29H35NO11/c1-6-19-13-21(22(29(33)37-5)16-26(31)36-4)15-24(27(19)41-18-39-12-10-35-3)23-14-20(28(30)32)7-8-25(23)40-17-38-11-9-34-2/h1,7-8,13-15,22H,9-12,16-18H2,2-5H3,(H2,30,32). The van der Waals surface area contributed by atoms with Crippen molar-refractivity contribution in [3.8, 4) is 35.0 Å². The first-order valence-corrected chi connectivity index (χ1v) is 12.4. The first-order valence-electron chi connectivity index (χ1n) is 12.4. The normalized spacial score (nSPS) is 11.3. The summed E-state index contributed by atoms with van der Waals surface area (Å²) in [4.78, 5) is 37.0. The van der Waals surface area contributed by atoms with Gasteiger partial charge in [0.2, 0.25) is 5.91 Å². The van der Waals surface area contributed by atoms with Gasteiger partial charge in [-0.15, -0.1) is 6.42 Å². The Hall–Kier alpha value is -4.15. The third-order valence-corrected chi connectivity index (χ3v) is 5.76. The van der Waals surface area contributed by atoms with Crippen molar-refractivity contribution in [2.45, 2.75) is 12.3 Å². The van der Waals surface area contributed by atoms with Crippen molar-refractivity contribution in [2.75, 3.05) is 68.5 Å². The number of nitrogens with two attached hydrogens (primary N) is 1. The minimum Gasteiger partial charge on any atom is -0.469 e. The predicted octanol–water partition coefficient (Wildman–Crippen LogP) is 2.25. The predicted molar refractivity (Wildman–Crippen MR) is 146 cm³/mol.